The van der Waals surface area contributed by atoms with Gasteiger partial charge in [-0.1, -0.05) is 23.7 Å². The van der Waals surface area contributed by atoms with Crippen molar-refractivity contribution in [3.8, 4) is 0 Å². The van der Waals surface area contributed by atoms with Crippen molar-refractivity contribution in [3.63, 3.8) is 0 Å². The number of rotatable bonds is 6. The molecule has 0 aliphatic carbocycles. The lowest BCUT2D eigenvalue weighted by atomic mass is 10.0. The van der Waals surface area contributed by atoms with E-state index in [2.05, 4.69) is 10.2 Å². The van der Waals surface area contributed by atoms with Gasteiger partial charge < -0.3 is 4.90 Å². The fourth-order valence-corrected chi connectivity index (χ4v) is 2.71. The maximum Gasteiger partial charge on any atom is 0.278 e. The van der Waals surface area contributed by atoms with Gasteiger partial charge >= 0.3 is 0 Å². The topological polar surface area (TPSA) is 45.0 Å². The van der Waals surface area contributed by atoms with Crippen molar-refractivity contribution < 1.29 is 22.4 Å². The summed E-state index contributed by atoms with van der Waals surface area (Å²) < 4.78 is 52.9. The van der Waals surface area contributed by atoms with Crippen LogP contribution in [0.3, 0.4) is 0 Å². The fraction of sp³-hybridized carbons (Fsp3) is 0.167. The summed E-state index contributed by atoms with van der Waals surface area (Å²) in [7, 11) is 0. The monoisotopic (exact) mass is 397 g/mol. The summed E-state index contributed by atoms with van der Waals surface area (Å²) >= 11 is 5.71. The van der Waals surface area contributed by atoms with E-state index in [1.807, 2.05) is 0 Å². The van der Waals surface area contributed by atoms with Crippen LogP contribution in [0, 0.1) is 11.6 Å². The molecule has 2 aromatic rings. The summed E-state index contributed by atoms with van der Waals surface area (Å²) in [6.45, 7) is -0.122. The van der Waals surface area contributed by atoms with Crippen molar-refractivity contribution in [2.75, 3.05) is 4.90 Å². The maximum absolute atomic E-state index is 14.4. The Bertz CT molecular complexity index is 946. The molecule has 2 aromatic carbocycles. The molecule has 0 spiro atoms. The highest BCUT2D eigenvalue weighted by molar-refractivity contribution is 6.31. The van der Waals surface area contributed by atoms with Crippen LogP contribution in [0.25, 0.3) is 0 Å². The van der Waals surface area contributed by atoms with Crippen LogP contribution in [0.5, 0.6) is 0 Å². The van der Waals surface area contributed by atoms with Crippen LogP contribution in [0.4, 0.5) is 23.2 Å². The number of halogens is 5. The van der Waals surface area contributed by atoms with Gasteiger partial charge in [0.25, 0.3) is 6.43 Å². The van der Waals surface area contributed by atoms with Crippen LogP contribution >= 0.6 is 11.6 Å². The van der Waals surface area contributed by atoms with Crippen LogP contribution < -0.4 is 4.90 Å². The molecule has 1 heterocycles. The first-order chi connectivity index (χ1) is 12.9. The molecular formula is C18H12ClF4N3O. The van der Waals surface area contributed by atoms with Crippen molar-refractivity contribution in [3.05, 3.63) is 64.2 Å². The van der Waals surface area contributed by atoms with Crippen LogP contribution in [-0.4, -0.2) is 24.3 Å². The number of anilines is 1. The summed E-state index contributed by atoms with van der Waals surface area (Å²) in [5.41, 5.74) is 0.691. The molecule has 0 atom stereocenters. The number of carbonyl (C=O) groups excluding carboxylic acids is 1. The lowest BCUT2D eigenvalue weighted by molar-refractivity contribution is -0.107. The van der Waals surface area contributed by atoms with Gasteiger partial charge in [-0.05, 0) is 24.3 Å². The third-order valence-corrected chi connectivity index (χ3v) is 4.28. The zero-order valence-corrected chi connectivity index (χ0v) is 14.4. The van der Waals surface area contributed by atoms with Crippen molar-refractivity contribution >= 4 is 35.1 Å². The predicted molar refractivity (Wildman–Crippen MR) is 94.7 cm³/mol. The Hall–Kier alpha value is -2.74. The molecule has 0 radical (unpaired) electrons. The second kappa shape index (κ2) is 7.87. The molecule has 1 amide bonds. The van der Waals surface area contributed by atoms with E-state index in [0.717, 1.165) is 17.0 Å². The number of amides is 1. The Morgan fingerprint density at radius 1 is 1.11 bits per heavy atom. The Kier molecular flexibility index (Phi) is 5.55. The summed E-state index contributed by atoms with van der Waals surface area (Å²) in [6.07, 6.45) is -2.38. The normalized spacial score (nSPS) is 13.6. The fourth-order valence-electron chi connectivity index (χ4n) is 2.54. The second-order valence-corrected chi connectivity index (χ2v) is 6.16. The molecule has 0 unspecified atom stereocenters. The van der Waals surface area contributed by atoms with Gasteiger partial charge in [0, 0.05) is 23.2 Å². The molecule has 1 aliphatic heterocycles. The third-order valence-electron chi connectivity index (χ3n) is 3.99. The van der Waals surface area contributed by atoms with Gasteiger partial charge in [-0.3, -0.25) is 4.79 Å². The van der Waals surface area contributed by atoms with E-state index in [9.17, 15) is 22.4 Å². The number of hydrogen-bond donors (Lipinski definition) is 0. The van der Waals surface area contributed by atoms with Gasteiger partial charge in [0.05, 0.1) is 17.3 Å². The summed E-state index contributed by atoms with van der Waals surface area (Å²) in [5.74, 6) is -1.27. The van der Waals surface area contributed by atoms with Gasteiger partial charge in [-0.2, -0.15) is 10.2 Å². The van der Waals surface area contributed by atoms with E-state index in [1.54, 1.807) is 0 Å². The molecule has 0 fully saturated rings. The minimum atomic E-state index is -2.71. The minimum Gasteiger partial charge on any atom is -0.310 e. The molecule has 140 valence electrons. The van der Waals surface area contributed by atoms with E-state index in [-0.39, 0.29) is 35.0 Å². The Morgan fingerprint density at radius 3 is 2.48 bits per heavy atom. The lowest BCUT2D eigenvalue weighted by Gasteiger charge is -2.18. The molecule has 0 saturated carbocycles. The molecule has 9 heteroatoms. The molecule has 27 heavy (non-hydrogen) atoms. The summed E-state index contributed by atoms with van der Waals surface area (Å²) in [5, 5.41) is 6.90. The first-order valence-corrected chi connectivity index (χ1v) is 8.14. The van der Waals surface area contributed by atoms with Crippen molar-refractivity contribution in [2.45, 2.75) is 19.4 Å². The first kappa shape index (κ1) is 19.0. The number of benzene rings is 2. The molecule has 0 bridgehead atoms. The highest BCUT2D eigenvalue weighted by Crippen LogP contribution is 2.24. The zero-order valence-electron chi connectivity index (χ0n) is 13.7. The second-order valence-electron chi connectivity index (χ2n) is 5.75. The molecule has 0 saturated heterocycles. The van der Waals surface area contributed by atoms with Crippen LogP contribution in [-0.2, 0) is 11.3 Å². The van der Waals surface area contributed by atoms with Crippen LogP contribution in [0.2, 0.25) is 5.02 Å². The molecular weight excluding hydrogens is 386 g/mol. The van der Waals surface area contributed by atoms with Gasteiger partial charge in [0.15, 0.2) is 0 Å². The van der Waals surface area contributed by atoms with Crippen molar-refractivity contribution in [2.24, 2.45) is 10.2 Å². The van der Waals surface area contributed by atoms with Gasteiger partial charge in [-0.15, -0.1) is 0 Å². The van der Waals surface area contributed by atoms with Gasteiger partial charge in [-0.25, -0.2) is 17.6 Å². The summed E-state index contributed by atoms with van der Waals surface area (Å²) in [4.78, 5) is 12.5. The van der Waals surface area contributed by atoms with Crippen molar-refractivity contribution in [1.29, 1.82) is 0 Å². The highest BCUT2D eigenvalue weighted by atomic mass is 35.5. The van der Waals surface area contributed by atoms with E-state index in [1.165, 1.54) is 24.3 Å². The number of nitrogens with zero attached hydrogens (tertiary/aromatic N) is 3. The van der Waals surface area contributed by atoms with Crippen molar-refractivity contribution in [1.82, 2.24) is 0 Å². The van der Waals surface area contributed by atoms with Gasteiger partial charge in [0.1, 0.15) is 17.3 Å². The van der Waals surface area contributed by atoms with E-state index in [4.69, 9.17) is 11.6 Å². The predicted octanol–water partition coefficient (Wildman–Crippen LogP) is 4.60. The van der Waals surface area contributed by atoms with E-state index >= 15 is 0 Å². The first-order valence-electron chi connectivity index (χ1n) is 7.76. The van der Waals surface area contributed by atoms with E-state index in [0.29, 0.717) is 17.7 Å². The molecule has 3 rings (SSSR count). The number of carbonyl (C=O) groups is 1. The SMILES string of the molecule is O=CN(Cc1ccc(C2=NN=C(C(F)F)C2)cc1F)c1ccc(F)c(Cl)c1. The average Bonchev–Trinajstić information content (AvgIpc) is 3.13. The molecule has 1 aliphatic rings. The van der Waals surface area contributed by atoms with Gasteiger partial charge in [0.2, 0.25) is 6.41 Å². The highest BCUT2D eigenvalue weighted by Gasteiger charge is 2.22. The van der Waals surface area contributed by atoms with Crippen LogP contribution in [0.15, 0.2) is 46.6 Å². The maximum atomic E-state index is 14.4. The quantitative estimate of drug-likeness (QED) is 0.519. The molecule has 0 N–H and O–H groups in total. The Labute approximate surface area is 156 Å². The van der Waals surface area contributed by atoms with E-state index < -0.39 is 18.1 Å². The lowest BCUT2D eigenvalue weighted by Crippen LogP contribution is -2.21. The zero-order chi connectivity index (χ0) is 19.6. The standard InChI is InChI=1S/C18H12ClF4N3O/c19-13-6-12(3-4-14(13)20)26(9-27)8-11-2-1-10(5-15(11)21)16-7-17(18(22)23)25-24-16/h1-6,9,18H,7-8H2. The minimum absolute atomic E-state index is 0.122. The average molecular weight is 398 g/mol. The Balaban J connectivity index is 1.77. The number of alkyl halides is 2. The Morgan fingerprint density at radius 2 is 1.89 bits per heavy atom. The summed E-state index contributed by atoms with van der Waals surface area (Å²) in [6, 6.07) is 7.80. The molecule has 0 aromatic heterocycles. The smallest absolute Gasteiger partial charge is 0.278 e. The largest absolute Gasteiger partial charge is 0.310 e. The third kappa shape index (κ3) is 4.16. The van der Waals surface area contributed by atoms with Crippen LogP contribution in [0.1, 0.15) is 17.5 Å². The number of hydrogen-bond acceptors (Lipinski definition) is 3. The molecule has 4 nitrogen and oxygen atoms in total.